The van der Waals surface area contributed by atoms with Crippen molar-refractivity contribution in [2.45, 2.75) is 13.0 Å². The van der Waals surface area contributed by atoms with E-state index in [0.29, 0.717) is 23.7 Å². The quantitative estimate of drug-likeness (QED) is 0.702. The summed E-state index contributed by atoms with van der Waals surface area (Å²) >= 11 is 6.26. The van der Waals surface area contributed by atoms with Gasteiger partial charge < -0.3 is 14.5 Å². The Bertz CT molecular complexity index is 819. The lowest BCUT2D eigenvalue weighted by Crippen LogP contribution is -2.49. The van der Waals surface area contributed by atoms with Gasteiger partial charge in [-0.25, -0.2) is 0 Å². The van der Waals surface area contributed by atoms with Gasteiger partial charge in [0, 0.05) is 49.3 Å². The molecule has 0 radical (unpaired) electrons. The molecule has 1 atom stereocenters. The molecule has 2 aromatic carbocycles. The van der Waals surface area contributed by atoms with E-state index in [1.807, 2.05) is 55.6 Å². The lowest BCUT2D eigenvalue weighted by atomic mass is 10.0. The van der Waals surface area contributed by atoms with E-state index in [4.69, 9.17) is 16.3 Å². The van der Waals surface area contributed by atoms with Crippen LogP contribution in [0.2, 0.25) is 5.02 Å². The number of esters is 1. The van der Waals surface area contributed by atoms with Crippen LogP contribution in [-0.4, -0.2) is 54.9 Å². The van der Waals surface area contributed by atoms with Crippen molar-refractivity contribution in [2.75, 3.05) is 33.2 Å². The van der Waals surface area contributed by atoms with Crippen molar-refractivity contribution in [3.63, 3.8) is 0 Å². The summed E-state index contributed by atoms with van der Waals surface area (Å²) in [6.07, 6.45) is -0.925. The first-order valence-electron chi connectivity index (χ1n) is 8.95. The van der Waals surface area contributed by atoms with Gasteiger partial charge in [0.25, 0.3) is 5.91 Å². The number of halogens is 2. The van der Waals surface area contributed by atoms with Crippen LogP contribution in [0.15, 0.2) is 48.5 Å². The van der Waals surface area contributed by atoms with Crippen molar-refractivity contribution < 1.29 is 14.3 Å². The third kappa shape index (κ3) is 5.25. The summed E-state index contributed by atoms with van der Waals surface area (Å²) in [6, 6.07) is 15.0. The van der Waals surface area contributed by atoms with Crippen LogP contribution in [0.25, 0.3) is 11.1 Å². The summed E-state index contributed by atoms with van der Waals surface area (Å²) in [5.74, 6) is -0.651. The fourth-order valence-corrected chi connectivity index (χ4v) is 3.40. The maximum Gasteiger partial charge on any atom is 0.303 e. The number of nitrogens with zero attached hydrogens (tertiary/aromatic N) is 2. The van der Waals surface area contributed by atoms with Crippen molar-refractivity contribution >= 4 is 35.9 Å². The lowest BCUT2D eigenvalue weighted by molar-refractivity contribution is -0.160. The number of piperazine rings is 1. The molecule has 0 saturated carbocycles. The average molecular weight is 423 g/mol. The van der Waals surface area contributed by atoms with Gasteiger partial charge in [0.15, 0.2) is 0 Å². The van der Waals surface area contributed by atoms with Crippen LogP contribution in [0.3, 0.4) is 0 Å². The molecule has 150 valence electrons. The van der Waals surface area contributed by atoms with Gasteiger partial charge in [-0.3, -0.25) is 9.59 Å². The minimum atomic E-state index is -0.925. The summed E-state index contributed by atoms with van der Waals surface area (Å²) in [6.45, 7) is 4.20. The molecule has 1 amide bonds. The molecule has 0 N–H and O–H groups in total. The Morgan fingerprint density at radius 2 is 1.61 bits per heavy atom. The van der Waals surface area contributed by atoms with E-state index in [9.17, 15) is 9.59 Å². The topological polar surface area (TPSA) is 49.9 Å². The predicted octanol–water partition coefficient (Wildman–Crippen LogP) is 3.81. The van der Waals surface area contributed by atoms with Crippen LogP contribution in [0.1, 0.15) is 18.6 Å². The molecular weight excluding hydrogens is 399 g/mol. The van der Waals surface area contributed by atoms with Gasteiger partial charge >= 0.3 is 5.97 Å². The second kappa shape index (κ2) is 9.92. The fourth-order valence-electron chi connectivity index (χ4n) is 3.15. The molecule has 5 nitrogen and oxygen atoms in total. The molecular formula is C21H24Cl2N2O3. The highest BCUT2D eigenvalue weighted by atomic mass is 35.5. The van der Waals surface area contributed by atoms with Gasteiger partial charge in [0.1, 0.15) is 0 Å². The van der Waals surface area contributed by atoms with E-state index in [1.54, 1.807) is 4.90 Å². The Morgan fingerprint density at radius 1 is 1.00 bits per heavy atom. The third-order valence-electron chi connectivity index (χ3n) is 4.72. The number of rotatable bonds is 4. The van der Waals surface area contributed by atoms with Crippen LogP contribution in [0.4, 0.5) is 0 Å². The first-order chi connectivity index (χ1) is 13.0. The van der Waals surface area contributed by atoms with Gasteiger partial charge in [0.05, 0.1) is 0 Å². The highest BCUT2D eigenvalue weighted by Gasteiger charge is 2.30. The molecule has 2 aromatic rings. The van der Waals surface area contributed by atoms with E-state index in [2.05, 4.69) is 4.90 Å². The van der Waals surface area contributed by atoms with Crippen LogP contribution < -0.4 is 0 Å². The van der Waals surface area contributed by atoms with Crippen molar-refractivity contribution in [3.05, 3.63) is 59.1 Å². The number of hydrogen-bond acceptors (Lipinski definition) is 4. The van der Waals surface area contributed by atoms with Gasteiger partial charge in [-0.15, -0.1) is 12.4 Å². The van der Waals surface area contributed by atoms with Crippen LogP contribution in [-0.2, 0) is 14.3 Å². The number of ether oxygens (including phenoxy) is 1. The molecule has 1 saturated heterocycles. The zero-order valence-electron chi connectivity index (χ0n) is 15.9. The first-order valence-corrected chi connectivity index (χ1v) is 9.33. The molecule has 28 heavy (non-hydrogen) atoms. The van der Waals surface area contributed by atoms with Crippen molar-refractivity contribution in [1.29, 1.82) is 0 Å². The normalized spacial score (nSPS) is 15.5. The summed E-state index contributed by atoms with van der Waals surface area (Å²) < 4.78 is 5.38. The summed E-state index contributed by atoms with van der Waals surface area (Å²) in [4.78, 5) is 28.5. The fraction of sp³-hybridized carbons (Fsp3) is 0.333. The minimum absolute atomic E-state index is 0. The molecule has 1 aliphatic rings. The maximum atomic E-state index is 13.0. The average Bonchev–Trinajstić information content (AvgIpc) is 2.67. The second-order valence-corrected chi connectivity index (χ2v) is 7.13. The number of benzene rings is 2. The smallest absolute Gasteiger partial charge is 0.303 e. The molecule has 0 bridgehead atoms. The summed E-state index contributed by atoms with van der Waals surface area (Å²) in [5.41, 5.74) is 2.52. The molecule has 1 fully saturated rings. The Hall–Kier alpha value is -2.08. The van der Waals surface area contributed by atoms with Gasteiger partial charge in [0.2, 0.25) is 6.10 Å². The molecule has 0 aromatic heterocycles. The Kier molecular flexibility index (Phi) is 7.87. The van der Waals surface area contributed by atoms with E-state index >= 15 is 0 Å². The molecule has 7 heteroatoms. The minimum Gasteiger partial charge on any atom is -0.447 e. The molecule has 1 heterocycles. The van der Waals surface area contributed by atoms with E-state index in [1.165, 1.54) is 6.92 Å². The van der Waals surface area contributed by atoms with E-state index < -0.39 is 12.1 Å². The van der Waals surface area contributed by atoms with Crippen LogP contribution in [0, 0.1) is 0 Å². The van der Waals surface area contributed by atoms with Gasteiger partial charge in [-0.05, 0) is 18.7 Å². The summed E-state index contributed by atoms with van der Waals surface area (Å²) in [7, 11) is 2.03. The van der Waals surface area contributed by atoms with Crippen LogP contribution >= 0.6 is 24.0 Å². The number of hydrogen-bond donors (Lipinski definition) is 0. The maximum absolute atomic E-state index is 13.0. The zero-order valence-corrected chi connectivity index (χ0v) is 17.5. The monoisotopic (exact) mass is 422 g/mol. The molecule has 1 aliphatic heterocycles. The standard InChI is InChI=1S/C21H23ClN2O3.ClH/c1-15(25)27-20(21(26)24-13-11-23(2)12-14-24)17-9-7-16(8-10-17)18-5-3-4-6-19(18)22;/h3-10,20H,11-14H2,1-2H3;1H. The Balaban J connectivity index is 0.00000280. The second-order valence-electron chi connectivity index (χ2n) is 6.72. The Labute approximate surface area is 176 Å². The zero-order chi connectivity index (χ0) is 19.4. The highest BCUT2D eigenvalue weighted by Crippen LogP contribution is 2.29. The van der Waals surface area contributed by atoms with Gasteiger partial charge in [-0.1, -0.05) is 54.1 Å². The van der Waals surface area contributed by atoms with E-state index in [-0.39, 0.29) is 18.3 Å². The highest BCUT2D eigenvalue weighted by molar-refractivity contribution is 6.33. The van der Waals surface area contributed by atoms with Crippen molar-refractivity contribution in [1.82, 2.24) is 9.80 Å². The Morgan fingerprint density at radius 3 is 2.18 bits per heavy atom. The lowest BCUT2D eigenvalue weighted by Gasteiger charge is -2.34. The van der Waals surface area contributed by atoms with Crippen molar-refractivity contribution in [3.8, 4) is 11.1 Å². The van der Waals surface area contributed by atoms with Gasteiger partial charge in [-0.2, -0.15) is 0 Å². The third-order valence-corrected chi connectivity index (χ3v) is 5.05. The number of carbonyl (C=O) groups excluding carboxylic acids is 2. The first kappa shape index (κ1) is 22.2. The number of likely N-dealkylation sites (N-methyl/N-ethyl adjacent to an activating group) is 1. The SMILES string of the molecule is CC(=O)OC(C(=O)N1CCN(C)CC1)c1ccc(-c2ccccc2Cl)cc1.Cl. The number of carbonyl (C=O) groups is 2. The molecule has 0 aliphatic carbocycles. The molecule has 1 unspecified atom stereocenters. The van der Waals surface area contributed by atoms with E-state index in [0.717, 1.165) is 24.2 Å². The van der Waals surface area contributed by atoms with Crippen molar-refractivity contribution in [2.24, 2.45) is 0 Å². The number of amides is 1. The molecule has 0 spiro atoms. The van der Waals surface area contributed by atoms with Crippen LogP contribution in [0.5, 0.6) is 0 Å². The largest absolute Gasteiger partial charge is 0.447 e. The predicted molar refractivity (Wildman–Crippen MR) is 113 cm³/mol. The molecule has 3 rings (SSSR count). The summed E-state index contributed by atoms with van der Waals surface area (Å²) in [5, 5.41) is 0.662.